The van der Waals surface area contributed by atoms with Crippen LogP contribution in [0.2, 0.25) is 0 Å². The zero-order chi connectivity index (χ0) is 16.9. The van der Waals surface area contributed by atoms with E-state index in [0.717, 1.165) is 10.7 Å². The molecule has 0 radical (unpaired) electrons. The van der Waals surface area contributed by atoms with Gasteiger partial charge in [0.1, 0.15) is 5.01 Å². The van der Waals surface area contributed by atoms with Crippen molar-refractivity contribution in [2.75, 3.05) is 5.32 Å². The number of carbonyl (C=O) groups excluding carboxylic acids is 1. The van der Waals surface area contributed by atoms with Crippen LogP contribution in [-0.2, 0) is 11.2 Å². The molecule has 0 unspecified atom stereocenters. The molecule has 3 aromatic rings. The number of hydrogen-bond donors (Lipinski definition) is 1. The van der Waals surface area contributed by atoms with E-state index in [9.17, 15) is 14.9 Å². The van der Waals surface area contributed by atoms with Crippen molar-refractivity contribution in [2.45, 2.75) is 6.42 Å². The molecule has 0 aliphatic heterocycles. The van der Waals surface area contributed by atoms with Crippen molar-refractivity contribution >= 4 is 28.6 Å². The van der Waals surface area contributed by atoms with Crippen LogP contribution >= 0.6 is 11.3 Å². The van der Waals surface area contributed by atoms with Gasteiger partial charge < -0.3 is 5.32 Å². The molecule has 3 rings (SSSR count). The highest BCUT2D eigenvalue weighted by molar-refractivity contribution is 7.13. The van der Waals surface area contributed by atoms with E-state index in [2.05, 4.69) is 15.3 Å². The molecule has 2 heterocycles. The number of nitro groups is 1. The summed E-state index contributed by atoms with van der Waals surface area (Å²) < 4.78 is 0. The Morgan fingerprint density at radius 1 is 1.25 bits per heavy atom. The number of nitrogens with zero attached hydrogens (tertiary/aromatic N) is 3. The lowest BCUT2D eigenvalue weighted by Gasteiger charge is -2.03. The number of aromatic nitrogens is 2. The predicted octanol–water partition coefficient (Wildman–Crippen LogP) is 3.29. The Labute approximate surface area is 141 Å². The number of benzene rings is 1. The first kappa shape index (κ1) is 15.8. The molecule has 2 aromatic heterocycles. The van der Waals surface area contributed by atoms with Crippen LogP contribution in [0.3, 0.4) is 0 Å². The molecule has 0 spiro atoms. The van der Waals surface area contributed by atoms with E-state index >= 15 is 0 Å². The average Bonchev–Trinajstić information content (AvgIpc) is 3.04. The Balaban J connectivity index is 1.66. The first-order valence-electron chi connectivity index (χ1n) is 7.02. The van der Waals surface area contributed by atoms with Crippen molar-refractivity contribution < 1.29 is 9.72 Å². The number of anilines is 1. The van der Waals surface area contributed by atoms with E-state index in [1.54, 1.807) is 17.6 Å². The van der Waals surface area contributed by atoms with E-state index in [0.29, 0.717) is 11.4 Å². The molecule has 0 bridgehead atoms. The van der Waals surface area contributed by atoms with Crippen molar-refractivity contribution in [1.29, 1.82) is 0 Å². The number of rotatable bonds is 5. The highest BCUT2D eigenvalue weighted by Gasteiger charge is 2.11. The van der Waals surface area contributed by atoms with Crippen LogP contribution in [0.5, 0.6) is 0 Å². The van der Waals surface area contributed by atoms with Crippen LogP contribution in [0.4, 0.5) is 11.4 Å². The molecule has 1 amide bonds. The molecule has 0 aliphatic carbocycles. The fourth-order valence-electron chi connectivity index (χ4n) is 2.06. The van der Waals surface area contributed by atoms with Crippen LogP contribution in [0.15, 0.2) is 54.0 Å². The zero-order valence-corrected chi connectivity index (χ0v) is 13.2. The lowest BCUT2D eigenvalue weighted by atomic mass is 10.2. The maximum atomic E-state index is 12.1. The van der Waals surface area contributed by atoms with Gasteiger partial charge in [-0.05, 0) is 18.2 Å². The molecule has 0 saturated heterocycles. The van der Waals surface area contributed by atoms with Gasteiger partial charge in [0.15, 0.2) is 0 Å². The lowest BCUT2D eigenvalue weighted by Crippen LogP contribution is -2.14. The summed E-state index contributed by atoms with van der Waals surface area (Å²) in [6.07, 6.45) is 1.78. The smallest absolute Gasteiger partial charge is 0.271 e. The number of carbonyl (C=O) groups is 1. The van der Waals surface area contributed by atoms with Crippen LogP contribution in [-0.4, -0.2) is 20.8 Å². The highest BCUT2D eigenvalue weighted by atomic mass is 32.1. The SMILES string of the molecule is O=C(Cc1csc(-c2ccccn2)n1)Nc1cccc([N+](=O)[O-])c1. The van der Waals surface area contributed by atoms with Crippen molar-refractivity contribution in [2.24, 2.45) is 0 Å². The third-order valence-corrected chi connectivity index (χ3v) is 4.03. The number of pyridine rings is 1. The number of nitro benzene ring substituents is 1. The predicted molar refractivity (Wildman–Crippen MR) is 90.8 cm³/mol. The van der Waals surface area contributed by atoms with Gasteiger partial charge in [0.05, 0.1) is 22.7 Å². The molecule has 0 fully saturated rings. The van der Waals surface area contributed by atoms with Crippen molar-refractivity contribution in [3.05, 3.63) is 69.8 Å². The summed E-state index contributed by atoms with van der Waals surface area (Å²) in [6.45, 7) is 0. The van der Waals surface area contributed by atoms with E-state index in [1.165, 1.54) is 29.5 Å². The molecular formula is C16H12N4O3S. The number of thiazole rings is 1. The van der Waals surface area contributed by atoms with E-state index in [1.807, 2.05) is 18.2 Å². The lowest BCUT2D eigenvalue weighted by molar-refractivity contribution is -0.384. The molecule has 1 aromatic carbocycles. The third-order valence-electron chi connectivity index (χ3n) is 3.12. The molecule has 0 aliphatic rings. The number of hydrogen-bond acceptors (Lipinski definition) is 6. The summed E-state index contributed by atoms with van der Waals surface area (Å²) in [6, 6.07) is 11.4. The Kier molecular flexibility index (Phi) is 4.57. The molecule has 7 nitrogen and oxygen atoms in total. The van der Waals surface area contributed by atoms with Crippen molar-refractivity contribution in [1.82, 2.24) is 9.97 Å². The Bertz CT molecular complexity index is 880. The Morgan fingerprint density at radius 2 is 2.12 bits per heavy atom. The number of amides is 1. The molecular weight excluding hydrogens is 328 g/mol. The third kappa shape index (κ3) is 3.79. The topological polar surface area (TPSA) is 98.0 Å². The largest absolute Gasteiger partial charge is 0.325 e. The van der Waals surface area contributed by atoms with Crippen LogP contribution in [0, 0.1) is 10.1 Å². The fourth-order valence-corrected chi connectivity index (χ4v) is 2.86. The average molecular weight is 340 g/mol. The van der Waals surface area contributed by atoms with Crippen molar-refractivity contribution in [3.8, 4) is 10.7 Å². The first-order valence-corrected chi connectivity index (χ1v) is 7.90. The highest BCUT2D eigenvalue weighted by Crippen LogP contribution is 2.22. The fraction of sp³-hybridized carbons (Fsp3) is 0.0625. The molecule has 1 N–H and O–H groups in total. The number of non-ortho nitro benzene ring substituents is 1. The van der Waals surface area contributed by atoms with Crippen LogP contribution < -0.4 is 5.32 Å². The molecule has 24 heavy (non-hydrogen) atoms. The van der Waals surface area contributed by atoms with Gasteiger partial charge >= 0.3 is 0 Å². The summed E-state index contributed by atoms with van der Waals surface area (Å²) in [5.74, 6) is -0.284. The van der Waals surface area contributed by atoms with E-state index < -0.39 is 4.92 Å². The van der Waals surface area contributed by atoms with E-state index in [4.69, 9.17) is 0 Å². The molecule has 120 valence electrons. The second-order valence-electron chi connectivity index (χ2n) is 4.89. The van der Waals surface area contributed by atoms with Gasteiger partial charge in [-0.15, -0.1) is 11.3 Å². The summed E-state index contributed by atoms with van der Waals surface area (Å²) in [5.41, 5.74) is 1.70. The zero-order valence-electron chi connectivity index (χ0n) is 12.4. The first-order chi connectivity index (χ1) is 11.6. The standard InChI is InChI=1S/C16H12N4O3S/c21-15(18-11-4-3-5-13(8-11)20(22)23)9-12-10-24-16(19-12)14-6-1-2-7-17-14/h1-8,10H,9H2,(H,18,21). The van der Waals surface area contributed by atoms with E-state index in [-0.39, 0.29) is 18.0 Å². The Morgan fingerprint density at radius 3 is 2.88 bits per heavy atom. The van der Waals surface area contributed by atoms with Crippen LogP contribution in [0.1, 0.15) is 5.69 Å². The van der Waals surface area contributed by atoms with Gasteiger partial charge in [-0.3, -0.25) is 19.9 Å². The van der Waals surface area contributed by atoms with Crippen LogP contribution in [0.25, 0.3) is 10.7 Å². The minimum absolute atomic E-state index is 0.0705. The summed E-state index contributed by atoms with van der Waals surface area (Å²) in [4.78, 5) is 30.9. The molecule has 0 saturated carbocycles. The second-order valence-corrected chi connectivity index (χ2v) is 5.75. The molecule has 0 atom stereocenters. The Hall–Kier alpha value is -3.13. The van der Waals surface area contributed by atoms with Gasteiger partial charge in [0.25, 0.3) is 5.69 Å². The minimum atomic E-state index is -0.505. The van der Waals surface area contributed by atoms with Gasteiger partial charge in [-0.2, -0.15) is 0 Å². The van der Waals surface area contributed by atoms with Crippen molar-refractivity contribution in [3.63, 3.8) is 0 Å². The summed E-state index contributed by atoms with van der Waals surface area (Å²) in [7, 11) is 0. The van der Waals surface area contributed by atoms with Gasteiger partial charge in [0, 0.05) is 29.4 Å². The minimum Gasteiger partial charge on any atom is -0.325 e. The maximum absolute atomic E-state index is 12.1. The van der Waals surface area contributed by atoms with Gasteiger partial charge in [-0.1, -0.05) is 12.1 Å². The monoisotopic (exact) mass is 340 g/mol. The number of nitrogens with one attached hydrogen (secondary N) is 1. The van der Waals surface area contributed by atoms with Gasteiger partial charge in [0.2, 0.25) is 5.91 Å². The normalized spacial score (nSPS) is 10.3. The quantitative estimate of drug-likeness (QED) is 0.567. The summed E-state index contributed by atoms with van der Waals surface area (Å²) >= 11 is 1.41. The molecule has 8 heteroatoms. The second kappa shape index (κ2) is 6.97. The van der Waals surface area contributed by atoms with Gasteiger partial charge in [-0.25, -0.2) is 4.98 Å². The summed E-state index contributed by atoms with van der Waals surface area (Å²) in [5, 5.41) is 15.9. The maximum Gasteiger partial charge on any atom is 0.271 e.